The number of pyridine rings is 1. The topological polar surface area (TPSA) is 66.0 Å². The predicted octanol–water partition coefficient (Wildman–Crippen LogP) is 4.89. The SMILES string of the molecule is O=C(c1ccc(/C=C2\OC3CCCCC3N(Cc3ccccc3F)C2=O)cc1)N1CCN(c2ccccn2)CC1. The fraction of sp³-hybridized carbons (Fsp3) is 0.344. The highest BCUT2D eigenvalue weighted by Gasteiger charge is 2.41. The van der Waals surface area contributed by atoms with Gasteiger partial charge in [-0.3, -0.25) is 9.59 Å². The second-order valence-corrected chi connectivity index (χ2v) is 10.6. The van der Waals surface area contributed by atoms with E-state index in [1.165, 1.54) is 6.07 Å². The number of aromatic nitrogens is 1. The highest BCUT2D eigenvalue weighted by molar-refractivity contribution is 5.97. The van der Waals surface area contributed by atoms with Crippen molar-refractivity contribution in [3.8, 4) is 0 Å². The average Bonchev–Trinajstić information content (AvgIpc) is 3.01. The van der Waals surface area contributed by atoms with E-state index >= 15 is 0 Å². The summed E-state index contributed by atoms with van der Waals surface area (Å²) in [6.07, 6.45) is 7.21. The lowest BCUT2D eigenvalue weighted by atomic mass is 9.89. The molecule has 1 aromatic heterocycles. The van der Waals surface area contributed by atoms with Crippen LogP contribution in [0.3, 0.4) is 0 Å². The monoisotopic (exact) mass is 540 g/mol. The van der Waals surface area contributed by atoms with Gasteiger partial charge in [0.2, 0.25) is 0 Å². The molecule has 2 amide bonds. The van der Waals surface area contributed by atoms with Gasteiger partial charge in [-0.1, -0.05) is 42.8 Å². The number of amides is 2. The van der Waals surface area contributed by atoms with Crippen molar-refractivity contribution in [2.24, 2.45) is 0 Å². The Kier molecular flexibility index (Phi) is 7.49. The summed E-state index contributed by atoms with van der Waals surface area (Å²) >= 11 is 0. The highest BCUT2D eigenvalue weighted by Crippen LogP contribution is 2.34. The van der Waals surface area contributed by atoms with Gasteiger partial charge in [-0.25, -0.2) is 9.37 Å². The van der Waals surface area contributed by atoms with Crippen LogP contribution >= 0.6 is 0 Å². The Morgan fingerprint density at radius 1 is 0.950 bits per heavy atom. The van der Waals surface area contributed by atoms with Crippen molar-refractivity contribution in [3.63, 3.8) is 0 Å². The van der Waals surface area contributed by atoms with Crippen molar-refractivity contribution in [3.05, 3.63) is 101 Å². The van der Waals surface area contributed by atoms with Crippen LogP contribution in [-0.4, -0.2) is 64.9 Å². The van der Waals surface area contributed by atoms with Crippen LogP contribution in [-0.2, 0) is 16.1 Å². The summed E-state index contributed by atoms with van der Waals surface area (Å²) in [5.41, 5.74) is 1.89. The summed E-state index contributed by atoms with van der Waals surface area (Å²) in [4.78, 5) is 36.9. The lowest BCUT2D eigenvalue weighted by molar-refractivity contribution is -0.149. The zero-order chi connectivity index (χ0) is 27.5. The van der Waals surface area contributed by atoms with Crippen LogP contribution in [0.4, 0.5) is 10.2 Å². The lowest BCUT2D eigenvalue weighted by Gasteiger charge is -2.44. The molecule has 0 N–H and O–H groups in total. The number of halogens is 1. The Morgan fingerprint density at radius 3 is 2.45 bits per heavy atom. The third-order valence-electron chi connectivity index (χ3n) is 8.11. The first kappa shape index (κ1) is 26.0. The molecule has 3 fully saturated rings. The summed E-state index contributed by atoms with van der Waals surface area (Å²) in [6, 6.07) is 19.7. The number of rotatable bonds is 5. The number of anilines is 1. The van der Waals surface area contributed by atoms with Crippen LogP contribution in [0.1, 0.15) is 47.2 Å². The minimum Gasteiger partial charge on any atom is -0.482 e. The zero-order valence-corrected chi connectivity index (χ0v) is 22.4. The summed E-state index contributed by atoms with van der Waals surface area (Å²) in [7, 11) is 0. The molecule has 0 radical (unpaired) electrons. The lowest BCUT2D eigenvalue weighted by Crippen LogP contribution is -2.54. The number of fused-ring (bicyclic) bond motifs is 1. The molecule has 8 heteroatoms. The largest absolute Gasteiger partial charge is 0.482 e. The van der Waals surface area contributed by atoms with Crippen molar-refractivity contribution in [2.75, 3.05) is 31.1 Å². The molecule has 6 rings (SSSR count). The number of carbonyl (C=O) groups is 2. The Morgan fingerprint density at radius 2 is 1.70 bits per heavy atom. The van der Waals surface area contributed by atoms with E-state index in [0.29, 0.717) is 24.2 Å². The fourth-order valence-electron chi connectivity index (χ4n) is 5.91. The third kappa shape index (κ3) is 5.43. The number of nitrogens with zero attached hydrogens (tertiary/aromatic N) is 4. The van der Waals surface area contributed by atoms with Crippen LogP contribution in [0.25, 0.3) is 6.08 Å². The van der Waals surface area contributed by atoms with Gasteiger partial charge >= 0.3 is 0 Å². The van der Waals surface area contributed by atoms with Gasteiger partial charge in [0.05, 0.1) is 6.04 Å². The van der Waals surface area contributed by atoms with Gasteiger partial charge in [-0.15, -0.1) is 0 Å². The second-order valence-electron chi connectivity index (χ2n) is 10.6. The molecule has 40 heavy (non-hydrogen) atoms. The molecule has 3 heterocycles. The van der Waals surface area contributed by atoms with Gasteiger partial charge in [-0.2, -0.15) is 0 Å². The standard InChI is InChI=1S/C32H33FN4O3/c33-26-8-2-1-7-25(26)22-37-27-9-3-4-10-28(27)40-29(32(37)39)21-23-12-14-24(15-13-23)31(38)36-19-17-35(18-20-36)30-11-5-6-16-34-30/h1-2,5-8,11-16,21,27-28H,3-4,9-10,17-20,22H2/b29-21-. The molecule has 2 saturated heterocycles. The summed E-state index contributed by atoms with van der Waals surface area (Å²) in [5.74, 6) is 0.657. The van der Waals surface area contributed by atoms with E-state index < -0.39 is 0 Å². The molecule has 1 aliphatic carbocycles. The maximum atomic E-state index is 14.5. The average molecular weight is 541 g/mol. The summed E-state index contributed by atoms with van der Waals surface area (Å²) in [6.45, 7) is 2.94. The smallest absolute Gasteiger partial charge is 0.289 e. The number of piperazine rings is 1. The molecule has 3 aliphatic rings. The maximum Gasteiger partial charge on any atom is 0.289 e. The van der Waals surface area contributed by atoms with Crippen LogP contribution in [0.5, 0.6) is 0 Å². The van der Waals surface area contributed by atoms with Gasteiger partial charge in [0.25, 0.3) is 11.8 Å². The van der Waals surface area contributed by atoms with E-state index in [0.717, 1.165) is 50.2 Å². The predicted molar refractivity (Wildman–Crippen MR) is 151 cm³/mol. The normalized spacial score (nSPS) is 22.2. The van der Waals surface area contributed by atoms with E-state index in [2.05, 4.69) is 9.88 Å². The van der Waals surface area contributed by atoms with Gasteiger partial charge in [0.1, 0.15) is 17.7 Å². The van der Waals surface area contributed by atoms with Gasteiger partial charge < -0.3 is 19.4 Å². The van der Waals surface area contributed by atoms with E-state index in [1.54, 1.807) is 47.5 Å². The Bertz CT molecular complexity index is 1390. The van der Waals surface area contributed by atoms with E-state index in [1.807, 2.05) is 35.2 Å². The number of morpholine rings is 1. The number of benzene rings is 2. The quantitative estimate of drug-likeness (QED) is 0.431. The molecule has 2 aliphatic heterocycles. The second kappa shape index (κ2) is 11.5. The Labute approximate surface area is 233 Å². The van der Waals surface area contributed by atoms with Crippen molar-refractivity contribution < 1.29 is 18.7 Å². The summed E-state index contributed by atoms with van der Waals surface area (Å²) < 4.78 is 20.7. The molecular weight excluding hydrogens is 507 g/mol. The van der Waals surface area contributed by atoms with Crippen LogP contribution in [0.15, 0.2) is 78.7 Å². The van der Waals surface area contributed by atoms with Crippen molar-refractivity contribution in [1.29, 1.82) is 0 Å². The van der Waals surface area contributed by atoms with Crippen LogP contribution < -0.4 is 4.90 Å². The number of hydrogen-bond donors (Lipinski definition) is 0. The van der Waals surface area contributed by atoms with E-state index in [-0.39, 0.29) is 42.1 Å². The summed E-state index contributed by atoms with van der Waals surface area (Å²) in [5, 5.41) is 0. The molecule has 2 atom stereocenters. The molecule has 7 nitrogen and oxygen atoms in total. The third-order valence-corrected chi connectivity index (χ3v) is 8.11. The zero-order valence-electron chi connectivity index (χ0n) is 22.4. The minimum absolute atomic E-state index is 0.00835. The van der Waals surface area contributed by atoms with Crippen LogP contribution in [0, 0.1) is 5.82 Å². The molecule has 0 bridgehead atoms. The molecule has 2 aromatic carbocycles. The first-order valence-corrected chi connectivity index (χ1v) is 14.0. The Hall–Kier alpha value is -4.20. The number of hydrogen-bond acceptors (Lipinski definition) is 5. The van der Waals surface area contributed by atoms with Gasteiger partial charge in [-0.05, 0) is 61.2 Å². The van der Waals surface area contributed by atoms with E-state index in [9.17, 15) is 14.0 Å². The minimum atomic E-state index is -0.307. The first-order chi connectivity index (χ1) is 19.6. The van der Waals surface area contributed by atoms with Crippen LogP contribution in [0.2, 0.25) is 0 Å². The maximum absolute atomic E-state index is 14.5. The molecule has 2 unspecified atom stereocenters. The van der Waals surface area contributed by atoms with Gasteiger partial charge in [0.15, 0.2) is 5.76 Å². The van der Waals surface area contributed by atoms with E-state index in [4.69, 9.17) is 4.74 Å². The van der Waals surface area contributed by atoms with Crippen molar-refractivity contribution >= 4 is 23.7 Å². The molecule has 3 aromatic rings. The fourth-order valence-corrected chi connectivity index (χ4v) is 5.91. The molecular formula is C32H33FN4O3. The van der Waals surface area contributed by atoms with Gasteiger partial charge in [0, 0.05) is 50.0 Å². The molecule has 1 saturated carbocycles. The number of ether oxygens (including phenoxy) is 1. The molecule has 0 spiro atoms. The van der Waals surface area contributed by atoms with Crippen molar-refractivity contribution in [2.45, 2.75) is 44.4 Å². The number of carbonyl (C=O) groups excluding carboxylic acids is 2. The van der Waals surface area contributed by atoms with Crippen molar-refractivity contribution in [1.82, 2.24) is 14.8 Å². The first-order valence-electron chi connectivity index (χ1n) is 14.0. The Balaban J connectivity index is 1.14. The highest BCUT2D eigenvalue weighted by atomic mass is 19.1. The molecule has 206 valence electrons.